The molecule has 0 aliphatic heterocycles. The van der Waals surface area contributed by atoms with Crippen molar-refractivity contribution in [3.05, 3.63) is 188 Å². The van der Waals surface area contributed by atoms with E-state index in [2.05, 4.69) is 193 Å². The first-order valence-corrected chi connectivity index (χ1v) is 19.4. The lowest BCUT2D eigenvalue weighted by Crippen LogP contribution is -2.10. The van der Waals surface area contributed by atoms with Crippen molar-refractivity contribution in [1.29, 1.82) is 0 Å². The molecule has 0 aliphatic carbocycles. The van der Waals surface area contributed by atoms with E-state index in [-0.39, 0.29) is 0 Å². The van der Waals surface area contributed by atoms with Crippen LogP contribution in [0, 0.1) is 0 Å². The molecule has 0 aliphatic rings. The Hall–Kier alpha value is -6.74. The maximum Gasteiger partial charge on any atom is 0.0474 e. The van der Waals surface area contributed by atoms with Crippen molar-refractivity contribution in [2.45, 2.75) is 0 Å². The molecule has 1 aromatic heterocycles. The van der Waals surface area contributed by atoms with Crippen LogP contribution in [0.1, 0.15) is 0 Å². The highest BCUT2D eigenvalue weighted by Crippen LogP contribution is 2.47. The SMILES string of the molecule is c1ccc(-c2ccc(N(c3ccc4sc5ccccc5c4c3)c3cc4ccc5cccc6c7cccc8ccc9cccc(c(c3)c4c56)c9c87)cc2)cc1. The highest BCUT2D eigenvalue weighted by Gasteiger charge is 2.20. The summed E-state index contributed by atoms with van der Waals surface area (Å²) in [6.07, 6.45) is 0. The summed E-state index contributed by atoms with van der Waals surface area (Å²) in [4.78, 5) is 2.46. The average Bonchev–Trinajstić information content (AvgIpc) is 3.61. The first-order chi connectivity index (χ1) is 26.8. The molecule has 54 heavy (non-hydrogen) atoms. The second kappa shape index (κ2) is 11.4. The van der Waals surface area contributed by atoms with Crippen LogP contribution in [0.3, 0.4) is 0 Å². The lowest BCUT2D eigenvalue weighted by Gasteiger charge is -2.27. The van der Waals surface area contributed by atoms with E-state index in [4.69, 9.17) is 0 Å². The summed E-state index contributed by atoms with van der Waals surface area (Å²) in [5, 5.41) is 18.0. The van der Waals surface area contributed by atoms with Gasteiger partial charge < -0.3 is 4.90 Å². The molecule has 11 aromatic carbocycles. The van der Waals surface area contributed by atoms with Gasteiger partial charge in [0.25, 0.3) is 0 Å². The van der Waals surface area contributed by atoms with Gasteiger partial charge in [-0.2, -0.15) is 0 Å². The van der Waals surface area contributed by atoms with Crippen molar-refractivity contribution in [3.8, 4) is 11.1 Å². The van der Waals surface area contributed by atoms with Crippen molar-refractivity contribution in [3.63, 3.8) is 0 Å². The van der Waals surface area contributed by atoms with Gasteiger partial charge in [-0.05, 0) is 124 Å². The number of hydrogen-bond acceptors (Lipinski definition) is 2. The smallest absolute Gasteiger partial charge is 0.0474 e. The van der Waals surface area contributed by atoms with Crippen LogP contribution >= 0.6 is 11.3 Å². The number of hydrogen-bond donors (Lipinski definition) is 0. The standard InChI is InChI=1S/C52H31NS/c1-2-9-32(10-3-1)33-23-25-38(26-24-33)53(39-27-28-48-45(30-39)41-14-4-5-18-47(41)54-48)40-29-37-22-21-36-12-7-16-43-42-15-6-11-34-19-20-35-13-8-17-44(51(35)49(34)42)46(31-40)52(37)50(36)43/h1-31H. The Balaban J connectivity index is 1.21. The van der Waals surface area contributed by atoms with Crippen LogP contribution in [-0.4, -0.2) is 0 Å². The van der Waals surface area contributed by atoms with Gasteiger partial charge in [0.05, 0.1) is 0 Å². The van der Waals surface area contributed by atoms with Crippen molar-refractivity contribution in [1.82, 2.24) is 0 Å². The molecule has 2 heteroatoms. The predicted molar refractivity (Wildman–Crippen MR) is 236 cm³/mol. The molecule has 1 nitrogen and oxygen atoms in total. The molecule has 0 amide bonds. The Morgan fingerprint density at radius 2 is 0.778 bits per heavy atom. The maximum absolute atomic E-state index is 2.46. The molecule has 0 radical (unpaired) electrons. The minimum Gasteiger partial charge on any atom is -0.310 e. The van der Waals surface area contributed by atoms with Gasteiger partial charge in [0, 0.05) is 37.2 Å². The molecule has 12 rings (SSSR count). The minimum atomic E-state index is 1.12. The minimum absolute atomic E-state index is 1.12. The van der Waals surface area contributed by atoms with Crippen LogP contribution < -0.4 is 4.90 Å². The number of rotatable bonds is 4. The second-order valence-corrected chi connectivity index (χ2v) is 15.5. The van der Waals surface area contributed by atoms with Gasteiger partial charge in [0.15, 0.2) is 0 Å². The topological polar surface area (TPSA) is 3.24 Å². The van der Waals surface area contributed by atoms with Crippen molar-refractivity contribution < 1.29 is 0 Å². The Labute approximate surface area is 315 Å². The van der Waals surface area contributed by atoms with E-state index in [0.717, 1.165) is 17.1 Å². The van der Waals surface area contributed by atoms with Gasteiger partial charge in [-0.25, -0.2) is 0 Å². The quantitative estimate of drug-likeness (QED) is 0.165. The van der Waals surface area contributed by atoms with Gasteiger partial charge in [0.2, 0.25) is 0 Å². The van der Waals surface area contributed by atoms with Gasteiger partial charge in [-0.3, -0.25) is 0 Å². The molecule has 12 aromatic rings. The van der Waals surface area contributed by atoms with E-state index in [1.54, 1.807) is 0 Å². The molecule has 0 spiro atoms. The number of thiophene rings is 1. The molecule has 0 N–H and O–H groups in total. The molecule has 0 fully saturated rings. The molecule has 0 saturated heterocycles. The monoisotopic (exact) mass is 701 g/mol. The van der Waals surface area contributed by atoms with Crippen molar-refractivity contribution in [2.24, 2.45) is 0 Å². The van der Waals surface area contributed by atoms with Crippen molar-refractivity contribution in [2.75, 3.05) is 4.90 Å². The van der Waals surface area contributed by atoms with Gasteiger partial charge in [0.1, 0.15) is 0 Å². The molecule has 250 valence electrons. The van der Waals surface area contributed by atoms with Gasteiger partial charge in [-0.15, -0.1) is 11.3 Å². The summed E-state index contributed by atoms with van der Waals surface area (Å²) in [5.74, 6) is 0. The normalized spacial score (nSPS) is 12.1. The fourth-order valence-electron chi connectivity index (χ4n) is 9.13. The van der Waals surface area contributed by atoms with Crippen LogP contribution in [0.5, 0.6) is 0 Å². The third-order valence-electron chi connectivity index (χ3n) is 11.5. The Bertz CT molecular complexity index is 3430. The summed E-state index contributed by atoms with van der Waals surface area (Å²) in [5.41, 5.74) is 5.83. The van der Waals surface area contributed by atoms with E-state index in [1.807, 2.05) is 11.3 Å². The first kappa shape index (κ1) is 29.8. The van der Waals surface area contributed by atoms with Crippen molar-refractivity contribution >= 4 is 113 Å². The highest BCUT2D eigenvalue weighted by atomic mass is 32.1. The zero-order valence-corrected chi connectivity index (χ0v) is 30.1. The Morgan fingerprint density at radius 3 is 1.46 bits per heavy atom. The maximum atomic E-state index is 2.46. The largest absolute Gasteiger partial charge is 0.310 e. The lowest BCUT2D eigenvalue weighted by atomic mass is 9.87. The van der Waals surface area contributed by atoms with Gasteiger partial charge >= 0.3 is 0 Å². The van der Waals surface area contributed by atoms with E-state index in [9.17, 15) is 0 Å². The lowest BCUT2D eigenvalue weighted by molar-refractivity contribution is 1.30. The van der Waals surface area contributed by atoms with E-state index < -0.39 is 0 Å². The number of nitrogens with zero attached hydrogens (tertiary/aromatic N) is 1. The molecule has 0 saturated carbocycles. The average molecular weight is 702 g/mol. The Morgan fingerprint density at radius 1 is 0.278 bits per heavy atom. The number of benzene rings is 10. The molecule has 0 unspecified atom stereocenters. The first-order valence-electron chi connectivity index (χ1n) is 18.6. The zero-order valence-electron chi connectivity index (χ0n) is 29.3. The van der Waals surface area contributed by atoms with Crippen LogP contribution in [0.2, 0.25) is 0 Å². The second-order valence-electron chi connectivity index (χ2n) is 14.5. The predicted octanol–water partition coefficient (Wildman–Crippen LogP) is 15.5. The molecule has 1 heterocycles. The third kappa shape index (κ3) is 4.32. The van der Waals surface area contributed by atoms with E-state index in [0.29, 0.717) is 0 Å². The zero-order chi connectivity index (χ0) is 35.3. The number of fused-ring (bicyclic) bond motifs is 5. The van der Waals surface area contributed by atoms with Crippen LogP contribution in [-0.2, 0) is 0 Å². The third-order valence-corrected chi connectivity index (χ3v) is 12.7. The summed E-state index contributed by atoms with van der Waals surface area (Å²) in [6, 6.07) is 70.0. The molecule has 0 bridgehead atoms. The van der Waals surface area contributed by atoms with Crippen LogP contribution in [0.15, 0.2) is 188 Å². The van der Waals surface area contributed by atoms with Gasteiger partial charge in [-0.1, -0.05) is 140 Å². The molecular weight excluding hydrogens is 671 g/mol. The van der Waals surface area contributed by atoms with E-state index in [1.165, 1.54) is 95.9 Å². The van der Waals surface area contributed by atoms with Crippen LogP contribution in [0.4, 0.5) is 17.1 Å². The Kier molecular flexibility index (Phi) is 6.28. The fourth-order valence-corrected chi connectivity index (χ4v) is 10.2. The summed E-state index contributed by atoms with van der Waals surface area (Å²) >= 11 is 1.86. The fraction of sp³-hybridized carbons (Fsp3) is 0. The molecule has 0 atom stereocenters. The summed E-state index contributed by atoms with van der Waals surface area (Å²) < 4.78 is 2.62. The summed E-state index contributed by atoms with van der Waals surface area (Å²) in [6.45, 7) is 0. The van der Waals surface area contributed by atoms with Crippen LogP contribution in [0.25, 0.3) is 95.9 Å². The highest BCUT2D eigenvalue weighted by molar-refractivity contribution is 7.25. The summed E-state index contributed by atoms with van der Waals surface area (Å²) in [7, 11) is 0. The molecular formula is C52H31NS. The number of anilines is 3. The van der Waals surface area contributed by atoms with E-state index >= 15 is 0 Å².